The van der Waals surface area contributed by atoms with Crippen LogP contribution in [-0.4, -0.2) is 37.6 Å². The smallest absolute Gasteiger partial charge is 0.168 e. The van der Waals surface area contributed by atoms with Gasteiger partial charge in [0.25, 0.3) is 0 Å². The van der Waals surface area contributed by atoms with E-state index in [0.717, 1.165) is 44.0 Å². The van der Waals surface area contributed by atoms with E-state index in [2.05, 4.69) is 27.3 Å². The lowest BCUT2D eigenvalue weighted by Crippen LogP contribution is -2.36. The molecule has 0 saturated carbocycles. The van der Waals surface area contributed by atoms with E-state index in [0.29, 0.717) is 5.69 Å². The first-order chi connectivity index (χ1) is 10.3. The van der Waals surface area contributed by atoms with E-state index in [-0.39, 0.29) is 0 Å². The summed E-state index contributed by atoms with van der Waals surface area (Å²) < 4.78 is 5.36. The molecule has 1 aliphatic heterocycles. The van der Waals surface area contributed by atoms with Gasteiger partial charge in [-0.1, -0.05) is 0 Å². The van der Waals surface area contributed by atoms with Crippen LogP contribution in [0.25, 0.3) is 0 Å². The number of nitrogens with one attached hydrogen (secondary N) is 1. The molecule has 1 aromatic carbocycles. The number of morpholine rings is 1. The molecule has 0 aliphatic carbocycles. The number of anilines is 3. The molecule has 5 nitrogen and oxygen atoms in total. The maximum absolute atomic E-state index is 10.6. The minimum Gasteiger partial charge on any atom is -0.378 e. The van der Waals surface area contributed by atoms with Crippen LogP contribution in [0.15, 0.2) is 42.6 Å². The molecular weight excluding hydrogens is 266 g/mol. The maximum Gasteiger partial charge on any atom is 0.168 e. The van der Waals surface area contributed by atoms with Crippen LogP contribution in [-0.2, 0) is 4.74 Å². The number of hydrogen-bond donors (Lipinski definition) is 1. The molecule has 3 rings (SSSR count). The molecule has 1 aromatic heterocycles. The summed E-state index contributed by atoms with van der Waals surface area (Å²) in [5.41, 5.74) is 3.49. The number of carbonyl (C=O) groups excluding carboxylic acids is 1. The Balaban J connectivity index is 1.67. The van der Waals surface area contributed by atoms with Gasteiger partial charge in [-0.3, -0.25) is 9.78 Å². The average Bonchev–Trinajstić information content (AvgIpc) is 2.57. The minimum absolute atomic E-state index is 0.434. The Hall–Kier alpha value is -2.40. The summed E-state index contributed by atoms with van der Waals surface area (Å²) in [5, 5.41) is 3.26. The quantitative estimate of drug-likeness (QED) is 0.874. The number of hydrogen-bond acceptors (Lipinski definition) is 5. The summed E-state index contributed by atoms with van der Waals surface area (Å²) in [6.45, 7) is 3.44. The lowest BCUT2D eigenvalue weighted by molar-refractivity contribution is 0.111. The second-order valence-corrected chi connectivity index (χ2v) is 4.86. The first kappa shape index (κ1) is 13.6. The van der Waals surface area contributed by atoms with Crippen molar-refractivity contribution in [1.29, 1.82) is 0 Å². The Morgan fingerprint density at radius 2 is 1.76 bits per heavy atom. The Kier molecular flexibility index (Phi) is 4.12. The number of ether oxygens (including phenoxy) is 1. The van der Waals surface area contributed by atoms with Crippen molar-refractivity contribution in [2.75, 3.05) is 36.5 Å². The summed E-state index contributed by atoms with van der Waals surface area (Å²) in [6, 6.07) is 11.8. The highest BCUT2D eigenvalue weighted by molar-refractivity contribution is 5.73. The van der Waals surface area contributed by atoms with Gasteiger partial charge in [0, 0.05) is 24.5 Å². The van der Waals surface area contributed by atoms with Gasteiger partial charge in [-0.15, -0.1) is 0 Å². The molecule has 1 fully saturated rings. The van der Waals surface area contributed by atoms with Crippen molar-refractivity contribution in [3.05, 3.63) is 48.3 Å². The normalized spacial score (nSPS) is 14.8. The molecule has 0 bridgehead atoms. The average molecular weight is 283 g/mol. The number of rotatable bonds is 4. The van der Waals surface area contributed by atoms with Gasteiger partial charge >= 0.3 is 0 Å². The maximum atomic E-state index is 10.6. The molecule has 108 valence electrons. The third kappa shape index (κ3) is 3.38. The number of carbonyl (C=O) groups is 1. The zero-order chi connectivity index (χ0) is 14.5. The molecule has 0 unspecified atom stereocenters. The molecule has 0 atom stereocenters. The summed E-state index contributed by atoms with van der Waals surface area (Å²) in [7, 11) is 0. The van der Waals surface area contributed by atoms with Crippen LogP contribution >= 0.6 is 0 Å². The summed E-state index contributed by atoms with van der Waals surface area (Å²) in [6.07, 6.45) is 2.39. The number of aldehydes is 1. The predicted octanol–water partition coefficient (Wildman–Crippen LogP) is 2.47. The Labute approximate surface area is 123 Å². The molecule has 0 radical (unpaired) electrons. The van der Waals surface area contributed by atoms with Gasteiger partial charge in [0.15, 0.2) is 6.29 Å². The first-order valence-electron chi connectivity index (χ1n) is 6.96. The molecular formula is C16H17N3O2. The van der Waals surface area contributed by atoms with Gasteiger partial charge in [-0.25, -0.2) is 0 Å². The lowest BCUT2D eigenvalue weighted by Gasteiger charge is -2.28. The van der Waals surface area contributed by atoms with Gasteiger partial charge < -0.3 is 15.0 Å². The topological polar surface area (TPSA) is 54.5 Å². The van der Waals surface area contributed by atoms with Gasteiger partial charge in [-0.2, -0.15) is 0 Å². The van der Waals surface area contributed by atoms with Gasteiger partial charge in [-0.05, 0) is 36.4 Å². The van der Waals surface area contributed by atoms with Crippen molar-refractivity contribution in [3.63, 3.8) is 0 Å². The van der Waals surface area contributed by atoms with Crippen molar-refractivity contribution in [1.82, 2.24) is 4.98 Å². The fourth-order valence-corrected chi connectivity index (χ4v) is 2.29. The van der Waals surface area contributed by atoms with Crippen molar-refractivity contribution in [3.8, 4) is 0 Å². The molecule has 0 spiro atoms. The van der Waals surface area contributed by atoms with Crippen LogP contribution in [0.5, 0.6) is 0 Å². The van der Waals surface area contributed by atoms with E-state index in [1.165, 1.54) is 5.69 Å². The van der Waals surface area contributed by atoms with Gasteiger partial charge in [0.1, 0.15) is 5.69 Å². The predicted molar refractivity (Wildman–Crippen MR) is 82.4 cm³/mol. The molecule has 2 heterocycles. The van der Waals surface area contributed by atoms with E-state index < -0.39 is 0 Å². The highest BCUT2D eigenvalue weighted by Crippen LogP contribution is 2.21. The second kappa shape index (κ2) is 6.37. The second-order valence-electron chi connectivity index (χ2n) is 4.86. The number of nitrogens with zero attached hydrogens (tertiary/aromatic N) is 2. The number of pyridine rings is 1. The molecule has 5 heteroatoms. The largest absolute Gasteiger partial charge is 0.378 e. The van der Waals surface area contributed by atoms with Crippen LogP contribution in [0.1, 0.15) is 10.5 Å². The number of aromatic nitrogens is 1. The minimum atomic E-state index is 0.434. The zero-order valence-electron chi connectivity index (χ0n) is 11.7. The third-order valence-electron chi connectivity index (χ3n) is 3.44. The highest BCUT2D eigenvalue weighted by atomic mass is 16.5. The fraction of sp³-hybridized carbons (Fsp3) is 0.250. The van der Waals surface area contributed by atoms with E-state index in [1.54, 1.807) is 12.3 Å². The molecule has 2 aromatic rings. The van der Waals surface area contributed by atoms with Crippen LogP contribution in [0.2, 0.25) is 0 Å². The van der Waals surface area contributed by atoms with Crippen LogP contribution < -0.4 is 10.2 Å². The third-order valence-corrected chi connectivity index (χ3v) is 3.44. The van der Waals surface area contributed by atoms with E-state index in [9.17, 15) is 4.79 Å². The lowest BCUT2D eigenvalue weighted by atomic mass is 10.2. The zero-order valence-corrected chi connectivity index (χ0v) is 11.7. The molecule has 0 amide bonds. The van der Waals surface area contributed by atoms with Crippen molar-refractivity contribution in [2.45, 2.75) is 0 Å². The summed E-state index contributed by atoms with van der Waals surface area (Å²) >= 11 is 0. The van der Waals surface area contributed by atoms with Crippen LogP contribution in [0, 0.1) is 0 Å². The van der Waals surface area contributed by atoms with Gasteiger partial charge in [0.05, 0.1) is 25.1 Å². The molecule has 21 heavy (non-hydrogen) atoms. The molecule has 1 N–H and O–H groups in total. The Morgan fingerprint density at radius 3 is 2.38 bits per heavy atom. The summed E-state index contributed by atoms with van der Waals surface area (Å²) in [4.78, 5) is 16.9. The van der Waals surface area contributed by atoms with E-state index in [4.69, 9.17) is 4.74 Å². The molecule has 1 saturated heterocycles. The highest BCUT2D eigenvalue weighted by Gasteiger charge is 2.10. The fourth-order valence-electron chi connectivity index (χ4n) is 2.29. The van der Waals surface area contributed by atoms with Crippen molar-refractivity contribution < 1.29 is 9.53 Å². The van der Waals surface area contributed by atoms with Crippen molar-refractivity contribution in [2.24, 2.45) is 0 Å². The molecule has 1 aliphatic rings. The van der Waals surface area contributed by atoms with Crippen molar-refractivity contribution >= 4 is 23.3 Å². The summed E-state index contributed by atoms with van der Waals surface area (Å²) in [5.74, 6) is 0. The van der Waals surface area contributed by atoms with E-state index in [1.807, 2.05) is 18.2 Å². The van der Waals surface area contributed by atoms with E-state index >= 15 is 0 Å². The van der Waals surface area contributed by atoms with Crippen LogP contribution in [0.3, 0.4) is 0 Å². The monoisotopic (exact) mass is 283 g/mol. The van der Waals surface area contributed by atoms with Crippen LogP contribution in [0.4, 0.5) is 17.1 Å². The number of benzene rings is 1. The Morgan fingerprint density at radius 1 is 1.05 bits per heavy atom. The Bertz CT molecular complexity index is 590. The first-order valence-corrected chi connectivity index (χ1v) is 6.96. The standard InChI is InChI=1S/C16H17N3O2/c20-12-15-2-1-14(11-17-15)18-13-3-5-16(6-4-13)19-7-9-21-10-8-19/h1-6,11-12,18H,7-10H2. The van der Waals surface area contributed by atoms with Gasteiger partial charge in [0.2, 0.25) is 0 Å². The SMILES string of the molecule is O=Cc1ccc(Nc2ccc(N3CCOCC3)cc2)cn1.